The molecule has 0 bridgehead atoms. The molecule has 1 aromatic rings. The Balaban J connectivity index is 3.07. The molecule has 3 nitrogen and oxygen atoms in total. The van der Waals surface area contributed by atoms with E-state index in [1.807, 2.05) is 0 Å². The van der Waals surface area contributed by atoms with Crippen molar-refractivity contribution in [1.29, 1.82) is 0 Å². The Bertz CT molecular complexity index is 262. The molecule has 0 radical (unpaired) electrons. The molecule has 0 fully saturated rings. The second-order valence-corrected chi connectivity index (χ2v) is 2.07. The lowest BCUT2D eigenvalue weighted by Gasteiger charge is -1.94. The van der Waals surface area contributed by atoms with Gasteiger partial charge in [-0.1, -0.05) is 0 Å². The molecule has 0 unspecified atom stereocenters. The number of pyridine rings is 1. The highest BCUT2D eigenvalue weighted by Crippen LogP contribution is 1.98. The summed E-state index contributed by atoms with van der Waals surface area (Å²) < 4.78 is 0.523. The van der Waals surface area contributed by atoms with Gasteiger partial charge in [-0.05, 0) is 17.7 Å². The first-order chi connectivity index (χ1) is 4.70. The number of halogens is 1. The molecule has 52 valence electrons. The van der Waals surface area contributed by atoms with Crippen LogP contribution in [0.3, 0.4) is 0 Å². The highest BCUT2D eigenvalue weighted by Gasteiger charge is 2.02. The molecule has 0 N–H and O–H groups in total. The van der Waals surface area contributed by atoms with Crippen LogP contribution in [0.5, 0.6) is 0 Å². The summed E-state index contributed by atoms with van der Waals surface area (Å²) in [5.41, 5.74) is 0.208. The highest BCUT2D eigenvalue weighted by molar-refractivity contribution is 6.67. The molecule has 1 heterocycles. The predicted octanol–water partition coefficient (Wildman–Crippen LogP) is 0.699. The summed E-state index contributed by atoms with van der Waals surface area (Å²) in [6.45, 7) is 0. The minimum atomic E-state index is -0.620. The SMILES string of the molecule is O=C(Cl)c1ccc[n+]([O-])c1. The summed E-state index contributed by atoms with van der Waals surface area (Å²) in [5, 5.41) is 9.88. The number of hydrogen-bond donors (Lipinski definition) is 0. The van der Waals surface area contributed by atoms with Crippen molar-refractivity contribution >= 4 is 16.8 Å². The number of aromatic nitrogens is 1. The van der Waals surface area contributed by atoms with E-state index in [1.165, 1.54) is 18.3 Å². The molecular formula is C6H4ClNO2. The summed E-state index contributed by atoms with van der Waals surface area (Å²) in [7, 11) is 0. The number of rotatable bonds is 1. The summed E-state index contributed by atoms with van der Waals surface area (Å²) in [4.78, 5) is 10.4. The molecule has 0 saturated carbocycles. The van der Waals surface area contributed by atoms with Crippen LogP contribution in [0, 0.1) is 5.21 Å². The lowest BCUT2D eigenvalue weighted by atomic mass is 10.3. The summed E-state index contributed by atoms with van der Waals surface area (Å²) >= 11 is 5.08. The normalized spacial score (nSPS) is 9.30. The molecule has 1 rings (SSSR count). The van der Waals surface area contributed by atoms with E-state index < -0.39 is 5.24 Å². The molecule has 0 aliphatic carbocycles. The maximum absolute atomic E-state index is 10.5. The molecular weight excluding hydrogens is 154 g/mol. The standard InChI is InChI=1S/C6H4ClNO2/c7-6(9)5-2-1-3-8(10)4-5/h1-4H. The van der Waals surface area contributed by atoms with Gasteiger partial charge in [-0.2, -0.15) is 4.73 Å². The van der Waals surface area contributed by atoms with Crippen LogP contribution in [0.2, 0.25) is 0 Å². The van der Waals surface area contributed by atoms with Gasteiger partial charge in [0.2, 0.25) is 0 Å². The summed E-state index contributed by atoms with van der Waals surface area (Å²) in [5.74, 6) is 0. The Morgan fingerprint density at radius 2 is 2.40 bits per heavy atom. The van der Waals surface area contributed by atoms with Gasteiger partial charge in [-0.25, -0.2) is 0 Å². The van der Waals surface area contributed by atoms with Gasteiger partial charge in [0.25, 0.3) is 5.24 Å². The van der Waals surface area contributed by atoms with E-state index in [0.717, 1.165) is 6.20 Å². The molecule has 4 heteroatoms. The van der Waals surface area contributed by atoms with Crippen LogP contribution in [0.15, 0.2) is 24.5 Å². The Hall–Kier alpha value is -1.09. The molecule has 0 aliphatic rings. The quantitative estimate of drug-likeness (QED) is 0.342. The average Bonchev–Trinajstić information content (AvgIpc) is 1.88. The fourth-order valence-corrected chi connectivity index (χ4v) is 0.683. The topological polar surface area (TPSA) is 44.0 Å². The minimum Gasteiger partial charge on any atom is -0.619 e. The van der Waals surface area contributed by atoms with E-state index in [0.29, 0.717) is 4.73 Å². The number of hydrogen-bond acceptors (Lipinski definition) is 2. The second kappa shape index (κ2) is 2.66. The maximum atomic E-state index is 10.5. The Morgan fingerprint density at radius 3 is 2.80 bits per heavy atom. The third-order valence-corrected chi connectivity index (χ3v) is 1.22. The smallest absolute Gasteiger partial charge is 0.258 e. The Morgan fingerprint density at radius 1 is 1.70 bits per heavy atom. The first-order valence-corrected chi connectivity index (χ1v) is 2.96. The van der Waals surface area contributed by atoms with Crippen LogP contribution in [0.4, 0.5) is 0 Å². The molecule has 0 amide bonds. The first-order valence-electron chi connectivity index (χ1n) is 2.59. The van der Waals surface area contributed by atoms with Crippen molar-refractivity contribution in [2.24, 2.45) is 0 Å². The zero-order valence-electron chi connectivity index (χ0n) is 4.95. The summed E-state index contributed by atoms with van der Waals surface area (Å²) in [6.07, 6.45) is 2.40. The van der Waals surface area contributed by atoms with Crippen LogP contribution >= 0.6 is 11.6 Å². The van der Waals surface area contributed by atoms with Crippen molar-refractivity contribution in [1.82, 2.24) is 0 Å². The third-order valence-electron chi connectivity index (χ3n) is 1.00. The number of nitrogens with zero attached hydrogens (tertiary/aromatic N) is 1. The van der Waals surface area contributed by atoms with Gasteiger partial charge in [0.15, 0.2) is 12.4 Å². The Labute approximate surface area is 62.4 Å². The van der Waals surface area contributed by atoms with E-state index in [2.05, 4.69) is 0 Å². The average molecular weight is 158 g/mol. The van der Waals surface area contributed by atoms with Crippen LogP contribution < -0.4 is 4.73 Å². The summed E-state index contributed by atoms with van der Waals surface area (Å²) in [6, 6.07) is 2.94. The van der Waals surface area contributed by atoms with E-state index in [4.69, 9.17) is 11.6 Å². The van der Waals surface area contributed by atoms with Gasteiger partial charge in [0.1, 0.15) is 0 Å². The number of carbonyl (C=O) groups is 1. The third kappa shape index (κ3) is 1.45. The van der Waals surface area contributed by atoms with E-state index in [9.17, 15) is 10.0 Å². The molecule has 0 aliphatic heterocycles. The first kappa shape index (κ1) is 7.02. The van der Waals surface area contributed by atoms with Crippen molar-refractivity contribution in [3.8, 4) is 0 Å². The van der Waals surface area contributed by atoms with Gasteiger partial charge in [0.05, 0.1) is 5.56 Å². The van der Waals surface area contributed by atoms with Gasteiger partial charge in [-0.15, -0.1) is 0 Å². The van der Waals surface area contributed by atoms with E-state index in [-0.39, 0.29) is 5.56 Å². The lowest BCUT2D eigenvalue weighted by Crippen LogP contribution is -2.25. The minimum absolute atomic E-state index is 0.208. The van der Waals surface area contributed by atoms with Gasteiger partial charge < -0.3 is 5.21 Å². The fourth-order valence-electron chi connectivity index (χ4n) is 0.571. The van der Waals surface area contributed by atoms with E-state index in [1.54, 1.807) is 0 Å². The van der Waals surface area contributed by atoms with Crippen molar-refractivity contribution in [3.05, 3.63) is 35.3 Å². The van der Waals surface area contributed by atoms with Crippen LogP contribution in [-0.2, 0) is 0 Å². The maximum Gasteiger partial charge on any atom is 0.258 e. The largest absolute Gasteiger partial charge is 0.619 e. The molecule has 0 saturated heterocycles. The molecule has 0 atom stereocenters. The van der Waals surface area contributed by atoms with Crippen molar-refractivity contribution < 1.29 is 9.52 Å². The van der Waals surface area contributed by atoms with Gasteiger partial charge >= 0.3 is 0 Å². The predicted molar refractivity (Wildman–Crippen MR) is 35.6 cm³/mol. The zero-order chi connectivity index (χ0) is 7.56. The molecule has 0 spiro atoms. The second-order valence-electron chi connectivity index (χ2n) is 1.73. The molecule has 1 aromatic heterocycles. The molecule has 0 aromatic carbocycles. The van der Waals surface area contributed by atoms with Gasteiger partial charge in [0, 0.05) is 6.07 Å². The molecule has 10 heavy (non-hydrogen) atoms. The van der Waals surface area contributed by atoms with Crippen LogP contribution in [-0.4, -0.2) is 5.24 Å². The number of carbonyl (C=O) groups excluding carboxylic acids is 1. The highest BCUT2D eigenvalue weighted by atomic mass is 35.5. The lowest BCUT2D eigenvalue weighted by molar-refractivity contribution is -0.605. The van der Waals surface area contributed by atoms with Crippen molar-refractivity contribution in [2.45, 2.75) is 0 Å². The van der Waals surface area contributed by atoms with E-state index >= 15 is 0 Å². The zero-order valence-corrected chi connectivity index (χ0v) is 5.71. The van der Waals surface area contributed by atoms with Gasteiger partial charge in [-0.3, -0.25) is 4.79 Å². The fraction of sp³-hybridized carbons (Fsp3) is 0. The Kier molecular flexibility index (Phi) is 1.87. The van der Waals surface area contributed by atoms with Crippen LogP contribution in [0.1, 0.15) is 10.4 Å². The monoisotopic (exact) mass is 157 g/mol. The van der Waals surface area contributed by atoms with Crippen LogP contribution in [0.25, 0.3) is 0 Å². The van der Waals surface area contributed by atoms with Crippen molar-refractivity contribution in [2.75, 3.05) is 0 Å². The van der Waals surface area contributed by atoms with Crippen molar-refractivity contribution in [3.63, 3.8) is 0 Å².